The molecule has 0 aliphatic rings. The summed E-state index contributed by atoms with van der Waals surface area (Å²) in [5.74, 6) is -3.73. The molecular formula is C15H19NO6. The van der Waals surface area contributed by atoms with Gasteiger partial charge in [0.2, 0.25) is 0 Å². The monoisotopic (exact) mass is 309 g/mol. The van der Waals surface area contributed by atoms with Crippen LogP contribution in [0.2, 0.25) is 0 Å². The van der Waals surface area contributed by atoms with Gasteiger partial charge in [0.1, 0.15) is 5.60 Å². The topological polar surface area (TPSA) is 91.8 Å². The highest BCUT2D eigenvalue weighted by molar-refractivity contribution is 6.04. The summed E-state index contributed by atoms with van der Waals surface area (Å²) in [6.07, 6.45) is 2.59. The summed E-state index contributed by atoms with van der Waals surface area (Å²) in [4.78, 5) is 39.9. The molecule has 22 heavy (non-hydrogen) atoms. The third kappa shape index (κ3) is 4.28. The van der Waals surface area contributed by atoms with E-state index in [1.807, 2.05) is 0 Å². The number of methoxy groups -OCH3 is 2. The van der Waals surface area contributed by atoms with Gasteiger partial charge in [-0.2, -0.15) is 0 Å². The third-order valence-electron chi connectivity index (χ3n) is 2.65. The van der Waals surface area contributed by atoms with Crippen LogP contribution in [0.3, 0.4) is 0 Å². The van der Waals surface area contributed by atoms with E-state index in [0.717, 1.165) is 7.11 Å². The number of rotatable bonds is 4. The summed E-state index contributed by atoms with van der Waals surface area (Å²) in [5.41, 5.74) is -0.656. The van der Waals surface area contributed by atoms with E-state index < -0.39 is 29.4 Å². The van der Waals surface area contributed by atoms with Crippen LogP contribution in [0, 0.1) is 0 Å². The predicted molar refractivity (Wildman–Crippen MR) is 76.2 cm³/mol. The molecule has 120 valence electrons. The first-order valence-electron chi connectivity index (χ1n) is 6.54. The van der Waals surface area contributed by atoms with E-state index in [0.29, 0.717) is 0 Å². The molecule has 1 unspecified atom stereocenters. The quantitative estimate of drug-likeness (QED) is 0.472. The number of hydrogen-bond donors (Lipinski definition) is 0. The van der Waals surface area contributed by atoms with E-state index in [1.165, 1.54) is 25.6 Å². The Morgan fingerprint density at radius 2 is 1.73 bits per heavy atom. The Hall–Kier alpha value is -2.44. The van der Waals surface area contributed by atoms with Crippen LogP contribution in [0.15, 0.2) is 18.5 Å². The van der Waals surface area contributed by atoms with Crippen LogP contribution < -0.4 is 0 Å². The Balaban J connectivity index is 3.33. The summed E-state index contributed by atoms with van der Waals surface area (Å²) < 4.78 is 14.5. The molecule has 0 aromatic carbocycles. The van der Waals surface area contributed by atoms with Crippen LogP contribution in [-0.4, -0.2) is 42.7 Å². The highest BCUT2D eigenvalue weighted by atomic mass is 16.6. The van der Waals surface area contributed by atoms with Crippen molar-refractivity contribution in [2.24, 2.45) is 0 Å². The maximum absolute atomic E-state index is 12.3. The van der Waals surface area contributed by atoms with Crippen molar-refractivity contribution in [2.45, 2.75) is 32.3 Å². The SMILES string of the molecule is COC(=O)c1cnccc1C(C(=O)OC)C(=O)OC(C)(C)C. The molecular weight excluding hydrogens is 290 g/mol. The molecule has 0 aliphatic heterocycles. The molecule has 1 aromatic rings. The number of hydrogen-bond acceptors (Lipinski definition) is 7. The van der Waals surface area contributed by atoms with Gasteiger partial charge in [0, 0.05) is 12.4 Å². The lowest BCUT2D eigenvalue weighted by atomic mass is 9.95. The maximum Gasteiger partial charge on any atom is 0.339 e. The molecule has 1 heterocycles. The first-order valence-corrected chi connectivity index (χ1v) is 6.54. The molecule has 1 atom stereocenters. The van der Waals surface area contributed by atoms with Crippen molar-refractivity contribution in [1.82, 2.24) is 4.98 Å². The van der Waals surface area contributed by atoms with Gasteiger partial charge >= 0.3 is 17.9 Å². The summed E-state index contributed by atoms with van der Waals surface area (Å²) >= 11 is 0. The van der Waals surface area contributed by atoms with Gasteiger partial charge in [-0.3, -0.25) is 14.6 Å². The third-order valence-corrected chi connectivity index (χ3v) is 2.65. The van der Waals surface area contributed by atoms with E-state index in [-0.39, 0.29) is 11.1 Å². The molecule has 0 fully saturated rings. The van der Waals surface area contributed by atoms with Gasteiger partial charge in [-0.15, -0.1) is 0 Å². The van der Waals surface area contributed by atoms with E-state index >= 15 is 0 Å². The molecule has 0 saturated carbocycles. The van der Waals surface area contributed by atoms with Crippen molar-refractivity contribution < 1.29 is 28.6 Å². The molecule has 0 radical (unpaired) electrons. The number of aromatic nitrogens is 1. The summed E-state index contributed by atoms with van der Waals surface area (Å²) in [6.45, 7) is 5.02. The number of carbonyl (C=O) groups excluding carboxylic acids is 3. The molecule has 7 nitrogen and oxygen atoms in total. The highest BCUT2D eigenvalue weighted by Gasteiger charge is 2.36. The predicted octanol–water partition coefficient (Wildman–Crippen LogP) is 1.47. The molecule has 0 aliphatic carbocycles. The van der Waals surface area contributed by atoms with Gasteiger partial charge in [-0.25, -0.2) is 4.79 Å². The number of carbonyl (C=O) groups is 3. The summed E-state index contributed by atoms with van der Waals surface area (Å²) in [6, 6.07) is 1.39. The van der Waals surface area contributed by atoms with E-state index in [4.69, 9.17) is 4.74 Å². The standard InChI is InChI=1S/C15H19NO6/c1-15(2,3)22-14(19)11(13(18)21-5)9-6-7-16-8-10(9)12(17)20-4/h6-8,11H,1-5H3. The molecule has 0 amide bonds. The number of esters is 3. The lowest BCUT2D eigenvalue weighted by Crippen LogP contribution is -2.33. The van der Waals surface area contributed by atoms with E-state index in [2.05, 4.69) is 14.5 Å². The van der Waals surface area contributed by atoms with Crippen LogP contribution in [0.5, 0.6) is 0 Å². The van der Waals surface area contributed by atoms with Gasteiger partial charge in [0.05, 0.1) is 19.8 Å². The van der Waals surface area contributed by atoms with Crippen molar-refractivity contribution in [1.29, 1.82) is 0 Å². The first kappa shape index (κ1) is 17.6. The fourth-order valence-corrected chi connectivity index (χ4v) is 1.77. The molecule has 7 heteroatoms. The Morgan fingerprint density at radius 3 is 2.23 bits per heavy atom. The van der Waals surface area contributed by atoms with Crippen LogP contribution >= 0.6 is 0 Å². The number of ether oxygens (including phenoxy) is 3. The molecule has 1 rings (SSSR count). The minimum atomic E-state index is -1.39. The second-order valence-corrected chi connectivity index (χ2v) is 5.44. The van der Waals surface area contributed by atoms with Crippen molar-refractivity contribution >= 4 is 17.9 Å². The second kappa shape index (κ2) is 7.02. The lowest BCUT2D eigenvalue weighted by Gasteiger charge is -2.23. The Kier molecular flexibility index (Phi) is 5.62. The Labute approximate surface area is 128 Å². The van der Waals surface area contributed by atoms with Crippen LogP contribution in [-0.2, 0) is 23.8 Å². The van der Waals surface area contributed by atoms with Crippen LogP contribution in [0.25, 0.3) is 0 Å². The fourth-order valence-electron chi connectivity index (χ4n) is 1.77. The van der Waals surface area contributed by atoms with Crippen LogP contribution in [0.1, 0.15) is 42.6 Å². The normalized spacial score (nSPS) is 12.2. The average Bonchev–Trinajstić information content (AvgIpc) is 2.45. The summed E-state index contributed by atoms with van der Waals surface area (Å²) in [5, 5.41) is 0. The van der Waals surface area contributed by atoms with Crippen molar-refractivity contribution in [2.75, 3.05) is 14.2 Å². The van der Waals surface area contributed by atoms with Crippen molar-refractivity contribution in [3.63, 3.8) is 0 Å². The highest BCUT2D eigenvalue weighted by Crippen LogP contribution is 2.25. The number of pyridine rings is 1. The second-order valence-electron chi connectivity index (χ2n) is 5.44. The molecule has 0 saturated heterocycles. The smallest absolute Gasteiger partial charge is 0.339 e. The zero-order valence-corrected chi connectivity index (χ0v) is 13.2. The average molecular weight is 309 g/mol. The fraction of sp³-hybridized carbons (Fsp3) is 0.467. The lowest BCUT2D eigenvalue weighted by molar-refractivity contribution is -0.163. The summed E-state index contributed by atoms with van der Waals surface area (Å²) in [7, 11) is 2.35. The largest absolute Gasteiger partial charge is 0.468 e. The van der Waals surface area contributed by atoms with E-state index in [1.54, 1.807) is 20.8 Å². The molecule has 0 spiro atoms. The van der Waals surface area contributed by atoms with Gasteiger partial charge in [-0.1, -0.05) is 0 Å². The molecule has 0 N–H and O–H groups in total. The van der Waals surface area contributed by atoms with Crippen molar-refractivity contribution in [3.8, 4) is 0 Å². The maximum atomic E-state index is 12.3. The van der Waals surface area contributed by atoms with Gasteiger partial charge in [0.25, 0.3) is 0 Å². The Morgan fingerprint density at radius 1 is 1.09 bits per heavy atom. The minimum Gasteiger partial charge on any atom is -0.468 e. The van der Waals surface area contributed by atoms with Gasteiger partial charge in [-0.05, 0) is 32.4 Å². The molecule has 0 bridgehead atoms. The molecule has 1 aromatic heterocycles. The zero-order chi connectivity index (χ0) is 16.9. The van der Waals surface area contributed by atoms with E-state index in [9.17, 15) is 14.4 Å². The Bertz CT molecular complexity index is 576. The van der Waals surface area contributed by atoms with Gasteiger partial charge in [0.15, 0.2) is 5.92 Å². The zero-order valence-electron chi connectivity index (χ0n) is 13.2. The van der Waals surface area contributed by atoms with Crippen molar-refractivity contribution in [3.05, 3.63) is 29.6 Å². The minimum absolute atomic E-state index is 0.00580. The number of nitrogens with zero attached hydrogens (tertiary/aromatic N) is 1. The van der Waals surface area contributed by atoms with Gasteiger partial charge < -0.3 is 14.2 Å². The first-order chi connectivity index (χ1) is 10.2. The van der Waals surface area contributed by atoms with Crippen LogP contribution in [0.4, 0.5) is 0 Å².